The van der Waals surface area contributed by atoms with Crippen LogP contribution in [0.5, 0.6) is 0 Å². The fourth-order valence-corrected chi connectivity index (χ4v) is 1.92. The van der Waals surface area contributed by atoms with Crippen LogP contribution >= 0.6 is 0 Å². The van der Waals surface area contributed by atoms with Crippen LogP contribution < -0.4 is 5.32 Å². The zero-order valence-electron chi connectivity index (χ0n) is 12.4. The van der Waals surface area contributed by atoms with Crippen LogP contribution in [-0.2, 0) is 11.3 Å². The number of carbonyl (C=O) groups is 1. The first-order valence-electron chi connectivity index (χ1n) is 6.91. The lowest BCUT2D eigenvalue weighted by molar-refractivity contribution is 0.0901. The summed E-state index contributed by atoms with van der Waals surface area (Å²) < 4.78 is 10.3. The van der Waals surface area contributed by atoms with Gasteiger partial charge in [-0.3, -0.25) is 4.79 Å². The summed E-state index contributed by atoms with van der Waals surface area (Å²) in [5.41, 5.74) is 0. The molecule has 1 heterocycles. The number of methoxy groups -OCH3 is 1. The average Bonchev–Trinajstić information content (AvgIpc) is 2.77. The van der Waals surface area contributed by atoms with E-state index in [1.54, 1.807) is 19.2 Å². The maximum atomic E-state index is 11.9. The Labute approximate surface area is 115 Å². The van der Waals surface area contributed by atoms with E-state index in [1.807, 2.05) is 6.92 Å². The first kappa shape index (κ1) is 15.8. The van der Waals surface area contributed by atoms with Crippen LogP contribution in [-0.4, -0.2) is 19.1 Å². The topological polar surface area (TPSA) is 51.5 Å². The van der Waals surface area contributed by atoms with Gasteiger partial charge in [-0.2, -0.15) is 0 Å². The molecule has 0 aliphatic carbocycles. The fourth-order valence-electron chi connectivity index (χ4n) is 1.92. The molecule has 0 fully saturated rings. The Hall–Kier alpha value is -1.29. The van der Waals surface area contributed by atoms with Crippen molar-refractivity contribution in [3.05, 3.63) is 23.7 Å². The van der Waals surface area contributed by atoms with Crippen molar-refractivity contribution >= 4 is 5.91 Å². The maximum Gasteiger partial charge on any atom is 0.287 e. The van der Waals surface area contributed by atoms with Gasteiger partial charge in [-0.15, -0.1) is 0 Å². The van der Waals surface area contributed by atoms with Crippen LogP contribution in [0.3, 0.4) is 0 Å². The molecule has 4 heteroatoms. The number of hydrogen-bond donors (Lipinski definition) is 1. The third-order valence-corrected chi connectivity index (χ3v) is 2.97. The fraction of sp³-hybridized carbons (Fsp3) is 0.667. The minimum absolute atomic E-state index is 0.153. The SMILES string of the molecule is COCc1ccc(C(=O)NC(C)CCCC(C)C)o1. The molecular weight excluding hydrogens is 242 g/mol. The molecule has 1 aromatic heterocycles. The number of rotatable bonds is 8. The highest BCUT2D eigenvalue weighted by Gasteiger charge is 2.13. The summed E-state index contributed by atoms with van der Waals surface area (Å²) in [6.07, 6.45) is 3.32. The molecule has 0 bridgehead atoms. The lowest BCUT2D eigenvalue weighted by atomic mass is 10.0. The molecule has 0 saturated heterocycles. The lowest BCUT2D eigenvalue weighted by Gasteiger charge is -2.13. The van der Waals surface area contributed by atoms with Crippen LogP contribution in [0.15, 0.2) is 16.5 Å². The quantitative estimate of drug-likeness (QED) is 0.785. The first-order chi connectivity index (χ1) is 9.02. The molecule has 0 aliphatic rings. The molecule has 1 amide bonds. The van der Waals surface area contributed by atoms with Gasteiger partial charge in [-0.05, 0) is 31.4 Å². The van der Waals surface area contributed by atoms with Gasteiger partial charge in [0.25, 0.3) is 5.91 Å². The molecule has 1 aromatic rings. The Balaban J connectivity index is 2.36. The Morgan fingerprint density at radius 1 is 1.32 bits per heavy atom. The molecule has 0 aromatic carbocycles. The third kappa shape index (κ3) is 5.92. The number of ether oxygens (including phenoxy) is 1. The molecule has 1 rings (SSSR count). The minimum atomic E-state index is -0.153. The molecular formula is C15H25NO3. The summed E-state index contributed by atoms with van der Waals surface area (Å²) in [5, 5.41) is 2.95. The van der Waals surface area contributed by atoms with Gasteiger partial charge in [0.2, 0.25) is 0 Å². The summed E-state index contributed by atoms with van der Waals surface area (Å²) in [5.74, 6) is 1.58. The van der Waals surface area contributed by atoms with Crippen LogP contribution in [0.2, 0.25) is 0 Å². The second kappa shape index (κ2) is 8.00. The van der Waals surface area contributed by atoms with E-state index in [4.69, 9.17) is 9.15 Å². The van der Waals surface area contributed by atoms with E-state index in [0.717, 1.165) is 12.8 Å². The second-order valence-electron chi connectivity index (χ2n) is 5.40. The van der Waals surface area contributed by atoms with Gasteiger partial charge in [0, 0.05) is 13.2 Å². The normalized spacial score (nSPS) is 12.7. The van der Waals surface area contributed by atoms with Crippen molar-refractivity contribution in [3.63, 3.8) is 0 Å². The smallest absolute Gasteiger partial charge is 0.287 e. The van der Waals surface area contributed by atoms with Gasteiger partial charge in [0.15, 0.2) is 5.76 Å². The molecule has 0 aliphatic heterocycles. The van der Waals surface area contributed by atoms with Gasteiger partial charge in [-0.25, -0.2) is 0 Å². The summed E-state index contributed by atoms with van der Waals surface area (Å²) in [4.78, 5) is 11.9. The predicted octanol–water partition coefficient (Wildman–Crippen LogP) is 3.37. The minimum Gasteiger partial charge on any atom is -0.453 e. The number of carbonyl (C=O) groups excluding carboxylic acids is 1. The molecule has 1 unspecified atom stereocenters. The Kier molecular flexibility index (Phi) is 6.64. The van der Waals surface area contributed by atoms with E-state index in [1.165, 1.54) is 6.42 Å². The highest BCUT2D eigenvalue weighted by atomic mass is 16.5. The van der Waals surface area contributed by atoms with E-state index in [0.29, 0.717) is 24.0 Å². The van der Waals surface area contributed by atoms with E-state index in [9.17, 15) is 4.79 Å². The molecule has 108 valence electrons. The van der Waals surface area contributed by atoms with Crippen molar-refractivity contribution in [1.82, 2.24) is 5.32 Å². The van der Waals surface area contributed by atoms with Crippen molar-refractivity contribution in [3.8, 4) is 0 Å². The summed E-state index contributed by atoms with van der Waals surface area (Å²) in [6, 6.07) is 3.62. The zero-order valence-corrected chi connectivity index (χ0v) is 12.4. The third-order valence-electron chi connectivity index (χ3n) is 2.97. The van der Waals surface area contributed by atoms with E-state index in [-0.39, 0.29) is 11.9 Å². The van der Waals surface area contributed by atoms with Crippen LogP contribution in [0.25, 0.3) is 0 Å². The molecule has 4 nitrogen and oxygen atoms in total. The molecule has 0 saturated carbocycles. The van der Waals surface area contributed by atoms with Crippen molar-refractivity contribution in [2.24, 2.45) is 5.92 Å². The highest BCUT2D eigenvalue weighted by Crippen LogP contribution is 2.11. The van der Waals surface area contributed by atoms with Gasteiger partial charge in [-0.1, -0.05) is 26.7 Å². The van der Waals surface area contributed by atoms with E-state index in [2.05, 4.69) is 19.2 Å². The Morgan fingerprint density at radius 3 is 2.68 bits per heavy atom. The molecule has 1 atom stereocenters. The van der Waals surface area contributed by atoms with Crippen molar-refractivity contribution in [1.29, 1.82) is 0 Å². The number of nitrogens with one attached hydrogen (secondary N) is 1. The lowest BCUT2D eigenvalue weighted by Crippen LogP contribution is -2.32. The van der Waals surface area contributed by atoms with Gasteiger partial charge in [0.05, 0.1) is 0 Å². The predicted molar refractivity (Wildman–Crippen MR) is 75.0 cm³/mol. The summed E-state index contributed by atoms with van der Waals surface area (Å²) >= 11 is 0. The largest absolute Gasteiger partial charge is 0.453 e. The van der Waals surface area contributed by atoms with Crippen molar-refractivity contribution < 1.29 is 13.9 Å². The number of amides is 1. The summed E-state index contributed by atoms with van der Waals surface area (Å²) in [6.45, 7) is 6.83. The van der Waals surface area contributed by atoms with E-state index < -0.39 is 0 Å². The average molecular weight is 267 g/mol. The van der Waals surface area contributed by atoms with Crippen LogP contribution in [0.4, 0.5) is 0 Å². The number of furan rings is 1. The summed E-state index contributed by atoms with van der Waals surface area (Å²) in [7, 11) is 1.60. The van der Waals surface area contributed by atoms with Gasteiger partial charge in [0.1, 0.15) is 12.4 Å². The Bertz CT molecular complexity index is 384. The molecule has 1 N–H and O–H groups in total. The molecule has 19 heavy (non-hydrogen) atoms. The van der Waals surface area contributed by atoms with Crippen molar-refractivity contribution in [2.45, 2.75) is 52.7 Å². The van der Waals surface area contributed by atoms with Gasteiger partial charge >= 0.3 is 0 Å². The second-order valence-corrected chi connectivity index (χ2v) is 5.40. The molecule has 0 radical (unpaired) electrons. The zero-order chi connectivity index (χ0) is 14.3. The standard InChI is InChI=1S/C15H25NO3/c1-11(2)6-5-7-12(3)16-15(17)14-9-8-13(19-14)10-18-4/h8-9,11-12H,5-7,10H2,1-4H3,(H,16,17). The molecule has 0 spiro atoms. The Morgan fingerprint density at radius 2 is 2.05 bits per heavy atom. The van der Waals surface area contributed by atoms with E-state index >= 15 is 0 Å². The van der Waals surface area contributed by atoms with Crippen LogP contribution in [0, 0.1) is 5.92 Å². The van der Waals surface area contributed by atoms with Crippen molar-refractivity contribution in [2.75, 3.05) is 7.11 Å². The number of hydrogen-bond acceptors (Lipinski definition) is 3. The highest BCUT2D eigenvalue weighted by molar-refractivity contribution is 5.91. The first-order valence-corrected chi connectivity index (χ1v) is 6.91. The maximum absolute atomic E-state index is 11.9. The monoisotopic (exact) mass is 267 g/mol. The van der Waals surface area contributed by atoms with Crippen LogP contribution in [0.1, 0.15) is 56.3 Å². The van der Waals surface area contributed by atoms with Gasteiger partial charge < -0.3 is 14.5 Å².